The van der Waals surface area contributed by atoms with Crippen molar-refractivity contribution < 1.29 is 9.18 Å². The fourth-order valence-corrected chi connectivity index (χ4v) is 1.84. The summed E-state index contributed by atoms with van der Waals surface area (Å²) in [5, 5.41) is -0.0530. The van der Waals surface area contributed by atoms with E-state index in [0.29, 0.717) is 17.4 Å². The van der Waals surface area contributed by atoms with Crippen LogP contribution in [0.1, 0.15) is 30.1 Å². The van der Waals surface area contributed by atoms with Crippen LogP contribution in [0.4, 0.5) is 4.39 Å². The fourth-order valence-electron chi connectivity index (χ4n) is 1.37. The lowest BCUT2D eigenvalue weighted by atomic mass is 10.00. The van der Waals surface area contributed by atoms with Crippen molar-refractivity contribution in [3.8, 4) is 0 Å². The van der Waals surface area contributed by atoms with Gasteiger partial charge >= 0.3 is 0 Å². The number of carbonyl (C=O) groups excluding carboxylic acids is 1. The Kier molecular flexibility index (Phi) is 5.56. The summed E-state index contributed by atoms with van der Waals surface area (Å²) in [6, 6.07) is 3.02. The number of benzene rings is 1. The average Bonchev–Trinajstić information content (AvgIpc) is 2.32. The quantitative estimate of drug-likeness (QED) is 0.662. The van der Waals surface area contributed by atoms with Crippen LogP contribution < -0.4 is 5.73 Å². The van der Waals surface area contributed by atoms with E-state index in [2.05, 4.69) is 15.9 Å². The molecule has 0 saturated carbocycles. The van der Waals surface area contributed by atoms with E-state index >= 15 is 0 Å². The predicted octanol–water partition coefficient (Wildman–Crippen LogP) is 3.80. The van der Waals surface area contributed by atoms with Gasteiger partial charge in [0.05, 0.1) is 10.6 Å². The first kappa shape index (κ1) is 14.6. The molecule has 0 fully saturated rings. The van der Waals surface area contributed by atoms with Gasteiger partial charge in [-0.2, -0.15) is 0 Å². The average molecular weight is 323 g/mol. The largest absolute Gasteiger partial charge is 0.330 e. The van der Waals surface area contributed by atoms with E-state index in [1.54, 1.807) is 6.07 Å². The van der Waals surface area contributed by atoms with Crippen LogP contribution in [-0.4, -0.2) is 12.3 Å². The second-order valence-electron chi connectivity index (χ2n) is 4.03. The Bertz CT molecular complexity index is 425. The van der Waals surface area contributed by atoms with E-state index in [1.807, 2.05) is 6.92 Å². The molecule has 94 valence electrons. The summed E-state index contributed by atoms with van der Waals surface area (Å²) in [4.78, 5) is 11.8. The van der Waals surface area contributed by atoms with Gasteiger partial charge in [0.15, 0.2) is 11.6 Å². The van der Waals surface area contributed by atoms with Gasteiger partial charge in [0.2, 0.25) is 0 Å². The molecule has 0 heterocycles. The highest BCUT2D eigenvalue weighted by Crippen LogP contribution is 2.28. The molecule has 0 aliphatic heterocycles. The van der Waals surface area contributed by atoms with Crippen molar-refractivity contribution >= 4 is 33.3 Å². The monoisotopic (exact) mass is 321 g/mol. The van der Waals surface area contributed by atoms with Crippen molar-refractivity contribution in [1.82, 2.24) is 0 Å². The molecule has 2 nitrogen and oxygen atoms in total. The van der Waals surface area contributed by atoms with E-state index < -0.39 is 5.82 Å². The molecule has 0 amide bonds. The molecule has 1 aromatic rings. The van der Waals surface area contributed by atoms with Gasteiger partial charge in [-0.05, 0) is 46.9 Å². The van der Waals surface area contributed by atoms with Gasteiger partial charge in [0, 0.05) is 10.9 Å². The summed E-state index contributed by atoms with van der Waals surface area (Å²) in [5.41, 5.74) is 5.50. The standard InChI is InChI=1S/C12H14BrClFNO/c1-7(6-16)2-5-10(17)8-3-4-9(13)11(14)12(8)15/h3-4,7H,2,5-6,16H2,1H3. The summed E-state index contributed by atoms with van der Waals surface area (Å²) in [5.74, 6) is -0.642. The maximum atomic E-state index is 13.7. The Balaban J connectivity index is 2.80. The molecular formula is C12H14BrClFNO. The summed E-state index contributed by atoms with van der Waals surface area (Å²) in [6.45, 7) is 2.48. The highest BCUT2D eigenvalue weighted by molar-refractivity contribution is 9.10. The van der Waals surface area contributed by atoms with E-state index in [0.717, 1.165) is 0 Å². The number of rotatable bonds is 5. The van der Waals surface area contributed by atoms with Crippen LogP contribution in [0.5, 0.6) is 0 Å². The summed E-state index contributed by atoms with van der Waals surface area (Å²) < 4.78 is 14.2. The van der Waals surface area contributed by atoms with Gasteiger partial charge in [-0.25, -0.2) is 4.39 Å². The summed E-state index contributed by atoms with van der Waals surface area (Å²) >= 11 is 8.83. The number of halogens is 3. The van der Waals surface area contributed by atoms with Crippen molar-refractivity contribution in [2.75, 3.05) is 6.54 Å². The normalized spacial score (nSPS) is 12.5. The molecule has 1 aromatic carbocycles. The Morgan fingerprint density at radius 1 is 1.59 bits per heavy atom. The number of carbonyl (C=O) groups is 1. The predicted molar refractivity (Wildman–Crippen MR) is 70.9 cm³/mol. The summed E-state index contributed by atoms with van der Waals surface area (Å²) in [7, 11) is 0. The number of Topliss-reactive ketones (excluding diaryl/α,β-unsaturated/α-hetero) is 1. The van der Waals surface area contributed by atoms with Gasteiger partial charge in [-0.15, -0.1) is 0 Å². The van der Waals surface area contributed by atoms with E-state index in [9.17, 15) is 9.18 Å². The number of hydrogen-bond acceptors (Lipinski definition) is 2. The minimum Gasteiger partial charge on any atom is -0.330 e. The maximum Gasteiger partial charge on any atom is 0.165 e. The molecule has 0 bridgehead atoms. The van der Waals surface area contributed by atoms with E-state index in [4.69, 9.17) is 17.3 Å². The van der Waals surface area contributed by atoms with Crippen LogP contribution >= 0.6 is 27.5 Å². The van der Waals surface area contributed by atoms with Crippen LogP contribution in [0.3, 0.4) is 0 Å². The Morgan fingerprint density at radius 2 is 2.24 bits per heavy atom. The molecule has 0 aliphatic carbocycles. The van der Waals surface area contributed by atoms with Crippen LogP contribution in [0.25, 0.3) is 0 Å². The zero-order chi connectivity index (χ0) is 13.0. The van der Waals surface area contributed by atoms with Gasteiger partial charge in [-0.1, -0.05) is 18.5 Å². The second-order valence-corrected chi connectivity index (χ2v) is 5.26. The molecule has 0 aromatic heterocycles. The lowest BCUT2D eigenvalue weighted by Crippen LogP contribution is -2.13. The second kappa shape index (κ2) is 6.47. The van der Waals surface area contributed by atoms with Gasteiger partial charge in [-0.3, -0.25) is 4.79 Å². The Hall–Kier alpha value is -0.450. The van der Waals surface area contributed by atoms with E-state index in [-0.39, 0.29) is 28.7 Å². The molecule has 5 heteroatoms. The first-order valence-electron chi connectivity index (χ1n) is 5.34. The molecule has 1 atom stereocenters. The highest BCUT2D eigenvalue weighted by atomic mass is 79.9. The molecule has 2 N–H and O–H groups in total. The number of nitrogens with two attached hydrogens (primary N) is 1. The van der Waals surface area contributed by atoms with Gasteiger partial charge in [0.1, 0.15) is 0 Å². The molecule has 1 unspecified atom stereocenters. The molecule has 1 rings (SSSR count). The minimum atomic E-state index is -0.661. The number of ketones is 1. The Labute approximate surface area is 113 Å². The molecule has 17 heavy (non-hydrogen) atoms. The third-order valence-corrected chi connectivity index (χ3v) is 3.86. The smallest absolute Gasteiger partial charge is 0.165 e. The first-order valence-corrected chi connectivity index (χ1v) is 6.51. The number of hydrogen-bond donors (Lipinski definition) is 1. The third kappa shape index (κ3) is 3.76. The van der Waals surface area contributed by atoms with Crippen molar-refractivity contribution in [1.29, 1.82) is 0 Å². The van der Waals surface area contributed by atoms with Crippen molar-refractivity contribution in [2.45, 2.75) is 19.8 Å². The lowest BCUT2D eigenvalue weighted by molar-refractivity contribution is 0.0971. The third-order valence-electron chi connectivity index (χ3n) is 2.60. The van der Waals surface area contributed by atoms with Crippen LogP contribution in [0, 0.1) is 11.7 Å². The van der Waals surface area contributed by atoms with Crippen molar-refractivity contribution in [2.24, 2.45) is 11.7 Å². The SMILES string of the molecule is CC(CN)CCC(=O)c1ccc(Br)c(Cl)c1F. The zero-order valence-electron chi connectivity index (χ0n) is 9.47. The first-order chi connectivity index (χ1) is 7.97. The topological polar surface area (TPSA) is 43.1 Å². The summed E-state index contributed by atoms with van der Waals surface area (Å²) in [6.07, 6.45) is 0.940. The fraction of sp³-hybridized carbons (Fsp3) is 0.417. The van der Waals surface area contributed by atoms with Crippen molar-refractivity contribution in [3.63, 3.8) is 0 Å². The maximum absolute atomic E-state index is 13.7. The van der Waals surface area contributed by atoms with Crippen molar-refractivity contribution in [3.05, 3.63) is 33.0 Å². The highest BCUT2D eigenvalue weighted by Gasteiger charge is 2.16. The van der Waals surface area contributed by atoms with Crippen LogP contribution in [-0.2, 0) is 0 Å². The van der Waals surface area contributed by atoms with E-state index in [1.165, 1.54) is 6.07 Å². The molecular weight excluding hydrogens is 308 g/mol. The molecule has 0 aliphatic rings. The Morgan fingerprint density at radius 3 is 2.82 bits per heavy atom. The minimum absolute atomic E-state index is 0.0439. The zero-order valence-corrected chi connectivity index (χ0v) is 11.8. The van der Waals surface area contributed by atoms with Crippen LogP contribution in [0.15, 0.2) is 16.6 Å². The van der Waals surface area contributed by atoms with Crippen LogP contribution in [0.2, 0.25) is 5.02 Å². The lowest BCUT2D eigenvalue weighted by Gasteiger charge is -2.08. The van der Waals surface area contributed by atoms with Gasteiger partial charge in [0.25, 0.3) is 0 Å². The van der Waals surface area contributed by atoms with Gasteiger partial charge < -0.3 is 5.73 Å². The molecule has 0 saturated heterocycles. The molecule has 0 radical (unpaired) electrons. The molecule has 0 spiro atoms.